The Morgan fingerprint density at radius 3 is 2.38 bits per heavy atom. The second kappa shape index (κ2) is 6.41. The molecule has 1 rings (SSSR count). The molecule has 0 unspecified atom stereocenters. The van der Waals surface area contributed by atoms with E-state index in [-0.39, 0.29) is 55.7 Å². The van der Waals surface area contributed by atoms with Crippen molar-refractivity contribution >= 4 is 0 Å². The Balaban J connectivity index is 0.00000144. The van der Waals surface area contributed by atoms with Crippen molar-refractivity contribution in [2.45, 2.75) is 13.3 Å². The molecular weight excluding hydrogens is 377 g/mol. The Morgan fingerprint density at radius 2 is 1.92 bits per heavy atom. The minimum absolute atomic E-state index is 0. The van der Waals surface area contributed by atoms with Gasteiger partial charge in [-0.2, -0.15) is 5.26 Å². The van der Waals surface area contributed by atoms with E-state index in [4.69, 9.17) is 10.4 Å². The van der Waals surface area contributed by atoms with E-state index >= 15 is 0 Å². The van der Waals surface area contributed by atoms with Crippen molar-refractivity contribution in [1.29, 1.82) is 5.26 Å². The molecule has 1 atom stereocenters. The zero-order valence-corrected chi connectivity index (χ0v) is 12.3. The average molecular weight is 388 g/mol. The molecule has 0 bridgehead atoms. The van der Waals surface area contributed by atoms with Crippen LogP contribution in [0.3, 0.4) is 0 Å². The number of benzene rings is 1. The summed E-state index contributed by atoms with van der Waals surface area (Å²) in [5.74, 6) is 0.304. The van der Waals surface area contributed by atoms with E-state index in [1.165, 1.54) is 0 Å². The van der Waals surface area contributed by atoms with Crippen molar-refractivity contribution in [2.75, 3.05) is 0 Å². The van der Waals surface area contributed by atoms with Crippen LogP contribution in [-0.2, 0) is 6.42 Å². The fourth-order valence-corrected chi connectivity index (χ4v) is 1.03. The summed E-state index contributed by atoms with van der Waals surface area (Å²) in [5, 5.41) is 17.5. The van der Waals surface area contributed by atoms with Gasteiger partial charge in [0, 0.05) is 50.0 Å². The van der Waals surface area contributed by atoms with Crippen LogP contribution < -0.4 is 0 Å². The Kier molecular flexibility index (Phi) is 6.39. The quantitative estimate of drug-likeness (QED) is 0.844. The van der Waals surface area contributed by atoms with Crippen LogP contribution in [0.2, 0.25) is 0 Å². The third kappa shape index (κ3) is 4.65. The molecule has 0 heterocycles. The maximum Gasteiger partial charge on any atom is 0.115 e. The molecule has 0 saturated carbocycles. The van der Waals surface area contributed by atoms with E-state index in [9.17, 15) is 0 Å². The number of nitriles is 1. The summed E-state index contributed by atoms with van der Waals surface area (Å²) in [6.07, 6.45) is 0.747. The molecular formula is C10H11AcNO. The third-order valence-corrected chi connectivity index (χ3v) is 1.70. The number of aromatic hydroxyl groups is 1. The molecule has 0 aromatic heterocycles. The van der Waals surface area contributed by atoms with Gasteiger partial charge in [-0.15, -0.1) is 0 Å². The second-order valence-electron chi connectivity index (χ2n) is 2.90. The van der Waals surface area contributed by atoms with E-state index in [1.807, 2.05) is 19.1 Å². The van der Waals surface area contributed by atoms with E-state index in [1.54, 1.807) is 12.1 Å². The molecule has 0 aliphatic heterocycles. The topological polar surface area (TPSA) is 44.0 Å². The summed E-state index contributed by atoms with van der Waals surface area (Å²) in [6.45, 7) is 1.88. The van der Waals surface area contributed by atoms with Crippen molar-refractivity contribution in [2.24, 2.45) is 5.92 Å². The SMILES string of the molecule is C[C@H](C#N)Cc1ccc(O)cc1.[Ac]. The molecule has 1 radical (unpaired) electrons. The van der Waals surface area contributed by atoms with Crippen LogP contribution in [0.1, 0.15) is 12.5 Å². The third-order valence-electron chi connectivity index (χ3n) is 1.70. The maximum atomic E-state index is 8.98. The fourth-order valence-electron chi connectivity index (χ4n) is 1.03. The van der Waals surface area contributed by atoms with Crippen LogP contribution in [-0.4, -0.2) is 5.11 Å². The minimum atomic E-state index is 0. The van der Waals surface area contributed by atoms with E-state index in [2.05, 4.69) is 6.07 Å². The molecule has 0 aliphatic rings. The Morgan fingerprint density at radius 1 is 1.38 bits per heavy atom. The zero-order valence-electron chi connectivity index (χ0n) is 7.57. The number of hydrogen-bond acceptors (Lipinski definition) is 2. The molecule has 1 N–H and O–H groups in total. The Hall–Kier alpha value is -0.0484. The number of phenols is 1. The van der Waals surface area contributed by atoms with Crippen molar-refractivity contribution in [3.05, 3.63) is 29.8 Å². The van der Waals surface area contributed by atoms with Gasteiger partial charge in [-0.25, -0.2) is 0 Å². The van der Waals surface area contributed by atoms with Gasteiger partial charge >= 0.3 is 0 Å². The van der Waals surface area contributed by atoms with E-state index < -0.39 is 0 Å². The Labute approximate surface area is 114 Å². The maximum absolute atomic E-state index is 8.98. The van der Waals surface area contributed by atoms with Crippen LogP contribution in [0.4, 0.5) is 0 Å². The summed E-state index contributed by atoms with van der Waals surface area (Å²) >= 11 is 0. The molecule has 0 amide bonds. The standard InChI is InChI=1S/C10H11NO.Ac/c1-8(7-11)6-9-2-4-10(12)5-3-9;/h2-5,8,12H,6H2,1H3;/t8-;/m0./s1. The van der Waals surface area contributed by atoms with Gasteiger partial charge in [0.15, 0.2) is 0 Å². The number of hydrogen-bond donors (Lipinski definition) is 1. The summed E-state index contributed by atoms with van der Waals surface area (Å²) in [4.78, 5) is 0. The summed E-state index contributed by atoms with van der Waals surface area (Å²) in [7, 11) is 0. The molecule has 0 aliphatic carbocycles. The second-order valence-corrected chi connectivity index (χ2v) is 2.90. The normalized spacial score (nSPS) is 11.1. The number of rotatable bonds is 2. The van der Waals surface area contributed by atoms with Crippen molar-refractivity contribution in [1.82, 2.24) is 0 Å². The van der Waals surface area contributed by atoms with Crippen molar-refractivity contribution in [3.8, 4) is 11.8 Å². The predicted octanol–water partition coefficient (Wildman–Crippen LogP) is 2.09. The monoisotopic (exact) mass is 388 g/mol. The summed E-state index contributed by atoms with van der Waals surface area (Å²) < 4.78 is 0. The van der Waals surface area contributed by atoms with Crippen LogP contribution >= 0.6 is 0 Å². The molecule has 1 aromatic carbocycles. The zero-order chi connectivity index (χ0) is 8.97. The van der Waals surface area contributed by atoms with E-state index in [0.29, 0.717) is 0 Å². The van der Waals surface area contributed by atoms with Gasteiger partial charge in [0.25, 0.3) is 0 Å². The smallest absolute Gasteiger partial charge is 0.115 e. The molecule has 2 nitrogen and oxygen atoms in total. The van der Waals surface area contributed by atoms with Crippen LogP contribution in [0.5, 0.6) is 5.75 Å². The Bertz CT molecular complexity index is 289. The number of phenolic OH excluding ortho intramolecular Hbond substituents is 1. The largest absolute Gasteiger partial charge is 0.508 e. The molecule has 0 spiro atoms. The van der Waals surface area contributed by atoms with Crippen molar-refractivity contribution in [3.63, 3.8) is 0 Å². The van der Waals surface area contributed by atoms with Gasteiger partial charge in [-0.3, -0.25) is 0 Å². The molecule has 13 heavy (non-hydrogen) atoms. The molecule has 0 fully saturated rings. The molecule has 65 valence electrons. The van der Waals surface area contributed by atoms with Gasteiger partial charge in [-0.1, -0.05) is 12.1 Å². The molecule has 0 saturated heterocycles. The van der Waals surface area contributed by atoms with Crippen LogP contribution in [0.25, 0.3) is 0 Å². The molecule has 1 aromatic rings. The number of nitrogens with zero attached hydrogens (tertiary/aromatic N) is 1. The first-order chi connectivity index (χ1) is 5.72. The van der Waals surface area contributed by atoms with Gasteiger partial charge in [0.05, 0.1) is 6.07 Å². The minimum Gasteiger partial charge on any atom is -0.508 e. The first-order valence-electron chi connectivity index (χ1n) is 3.90. The fraction of sp³-hybridized carbons (Fsp3) is 0.300. The first kappa shape index (κ1) is 13.0. The van der Waals surface area contributed by atoms with E-state index in [0.717, 1.165) is 12.0 Å². The summed E-state index contributed by atoms with van der Waals surface area (Å²) in [6, 6.07) is 9.12. The molecule has 3 heteroatoms. The van der Waals surface area contributed by atoms with Crippen LogP contribution in [0.15, 0.2) is 24.3 Å². The predicted molar refractivity (Wildman–Crippen MR) is 46.6 cm³/mol. The van der Waals surface area contributed by atoms with Gasteiger partial charge in [0.2, 0.25) is 0 Å². The van der Waals surface area contributed by atoms with Crippen LogP contribution in [0, 0.1) is 61.3 Å². The average Bonchev–Trinajstić information content (AvgIpc) is 2.09. The summed E-state index contributed by atoms with van der Waals surface area (Å²) in [5.41, 5.74) is 1.09. The van der Waals surface area contributed by atoms with Gasteiger partial charge in [-0.05, 0) is 31.0 Å². The first-order valence-corrected chi connectivity index (χ1v) is 3.90. The van der Waals surface area contributed by atoms with Gasteiger partial charge < -0.3 is 5.11 Å². The van der Waals surface area contributed by atoms with Gasteiger partial charge in [0.1, 0.15) is 5.75 Å². The van der Waals surface area contributed by atoms with Crippen molar-refractivity contribution < 1.29 is 49.2 Å².